The van der Waals surface area contributed by atoms with E-state index >= 15 is 0 Å². The summed E-state index contributed by atoms with van der Waals surface area (Å²) in [5.41, 5.74) is 2.58. The van der Waals surface area contributed by atoms with Gasteiger partial charge in [0.05, 0.1) is 32.1 Å². The number of carbonyl (C=O) groups is 14. The van der Waals surface area contributed by atoms with Crippen molar-refractivity contribution in [3.05, 3.63) is 83.4 Å². The lowest BCUT2D eigenvalue weighted by Crippen LogP contribution is -2.52. The first-order valence-corrected chi connectivity index (χ1v) is 36.5. The molecule has 2 aliphatic rings. The van der Waals surface area contributed by atoms with Crippen LogP contribution >= 0.6 is 0 Å². The van der Waals surface area contributed by atoms with Crippen LogP contribution in [0, 0.1) is 17.8 Å². The minimum absolute atomic E-state index is 0.0492. The van der Waals surface area contributed by atoms with Crippen LogP contribution in [0.3, 0.4) is 0 Å². The van der Waals surface area contributed by atoms with Gasteiger partial charge in [-0.1, -0.05) is 80.6 Å². The number of carboxylic acid groups (broad SMARTS) is 7. The summed E-state index contributed by atoms with van der Waals surface area (Å²) in [6.07, 6.45) is 1.22. The highest BCUT2D eigenvalue weighted by molar-refractivity contribution is 5.92. The highest BCUT2D eigenvalue weighted by atomic mass is 16.4. The number of aliphatic carboxylic acids is 6. The molecule has 0 bridgehead atoms. The standard InChI is InChI=1S/C73H107N13O21/c1-46(2)38-48-14-19-51(20-15-48)47(3)65(96)79-56(26-29-76-73(106)107)67(98)74-27-8-6-12-55(78-60(87)42-83-30-32-84(43-62(90)91)34-36-86(45-64(94)95)37-35-85(33-31-83)44-63(92)93)68(99)77-41-49-16-22-53(23-17-49)66(97)80-59(40-50-18-21-52-10-4-5-11-54(52)39-50)69(100)75-28-9-7-13-57(70(101)102)81-72(105)82-58(71(103)104)24-25-61(88)89/h4-5,10-11,14-15,18-21,39,46-47,49,53,55-59,76H,6-9,12-13,16-17,22-38,40-45H2,1-3H3,(H,74,98)(H,75,100)(H,77,99)(H,78,87)(H,79,96)(H,80,97)(H,88,89)(H,90,91)(H,92,93)(H,94,95)(H,101,102)(H,103,104)(H,106,107)(H2,81,82,105)/t47?,49?,53?,55?,56-,57?,58?,59?/m1/s1. The SMILES string of the molecule is CC(C)Cc1ccc(C(C)C(=O)N[C@H](CCNC(=O)O)C(=O)NCCCCC(NC(=O)CN2CCN(CC(=O)O)CCN(CC(=O)O)CCN(CC(=O)O)CC2)C(=O)NCC2CCC(C(=O)NC(Cc3ccc4ccccc4c3)C(=O)NCCCCC(NC(=O)NC(CCC(=O)O)C(=O)O)C(=O)O)CC2)cc1. The van der Waals surface area contributed by atoms with Gasteiger partial charge in [-0.2, -0.15) is 0 Å². The van der Waals surface area contributed by atoms with Crippen LogP contribution in [0.1, 0.15) is 127 Å². The Kier molecular flexibility index (Phi) is 37.7. The molecule has 9 amide bonds. The van der Waals surface area contributed by atoms with Crippen LogP contribution in [-0.4, -0.2) is 274 Å². The summed E-state index contributed by atoms with van der Waals surface area (Å²) in [4.78, 5) is 185. The van der Waals surface area contributed by atoms with E-state index in [2.05, 4.69) is 61.7 Å². The number of carboxylic acids is 6. The Bertz CT molecular complexity index is 3450. The molecule has 0 spiro atoms. The fourth-order valence-electron chi connectivity index (χ4n) is 12.8. The minimum Gasteiger partial charge on any atom is -0.481 e. The average Bonchev–Trinajstić information content (AvgIpc) is 0.831. The largest absolute Gasteiger partial charge is 0.481 e. The topological polar surface area (TPSA) is 502 Å². The van der Waals surface area contributed by atoms with Crippen LogP contribution in [0.25, 0.3) is 10.8 Å². The van der Waals surface area contributed by atoms with E-state index in [9.17, 15) is 97.8 Å². The van der Waals surface area contributed by atoms with Crippen molar-refractivity contribution in [3.8, 4) is 0 Å². The lowest BCUT2D eigenvalue weighted by Gasteiger charge is -2.33. The molecule has 1 saturated heterocycles. The van der Waals surface area contributed by atoms with Crippen molar-refractivity contribution in [2.24, 2.45) is 17.8 Å². The van der Waals surface area contributed by atoms with Gasteiger partial charge >= 0.3 is 47.9 Å². The Morgan fingerprint density at radius 1 is 0.421 bits per heavy atom. The molecule has 3 aromatic carbocycles. The average molecular weight is 1500 g/mol. The molecule has 3 aromatic rings. The predicted molar refractivity (Wildman–Crippen MR) is 390 cm³/mol. The van der Waals surface area contributed by atoms with E-state index in [1.807, 2.05) is 66.7 Å². The smallest absolute Gasteiger partial charge is 0.404 e. The molecule has 0 radical (unpaired) electrons. The number of urea groups is 1. The van der Waals surface area contributed by atoms with Crippen molar-refractivity contribution in [3.63, 3.8) is 0 Å². The molecule has 5 unspecified atom stereocenters. The molecule has 34 heteroatoms. The maximum absolute atomic E-state index is 14.4. The van der Waals surface area contributed by atoms with Gasteiger partial charge in [0.25, 0.3) is 0 Å². The molecule has 0 aromatic heterocycles. The molecule has 1 aliphatic heterocycles. The Morgan fingerprint density at radius 2 is 0.897 bits per heavy atom. The van der Waals surface area contributed by atoms with Gasteiger partial charge in [-0.15, -0.1) is 0 Å². The van der Waals surface area contributed by atoms with E-state index in [4.69, 9.17) is 5.11 Å². The van der Waals surface area contributed by atoms with Crippen LogP contribution in [0.15, 0.2) is 66.7 Å². The van der Waals surface area contributed by atoms with Gasteiger partial charge in [-0.25, -0.2) is 19.2 Å². The fourth-order valence-corrected chi connectivity index (χ4v) is 12.8. The number of amides is 9. The summed E-state index contributed by atoms with van der Waals surface area (Å²) < 4.78 is 0. The van der Waals surface area contributed by atoms with Gasteiger partial charge in [-0.3, -0.25) is 67.5 Å². The third kappa shape index (κ3) is 33.9. The summed E-state index contributed by atoms with van der Waals surface area (Å²) in [6, 6.07) is 13.4. The molecule has 1 saturated carbocycles. The van der Waals surface area contributed by atoms with E-state index < -0.39 is 132 Å². The Hall–Kier alpha value is -10.1. The minimum atomic E-state index is -1.59. The zero-order valence-corrected chi connectivity index (χ0v) is 61.1. The van der Waals surface area contributed by atoms with Gasteiger partial charge in [-0.05, 0) is 130 Å². The highest BCUT2D eigenvalue weighted by Gasteiger charge is 2.33. The number of carbonyl (C=O) groups excluding carboxylic acids is 7. The molecular weight excluding hydrogens is 1390 g/mol. The van der Waals surface area contributed by atoms with Gasteiger partial charge in [0, 0.05) is 97.3 Å². The normalized spacial score (nSPS) is 17.3. The summed E-state index contributed by atoms with van der Waals surface area (Å²) in [5.74, 6) is -11.5. The second-order valence-corrected chi connectivity index (χ2v) is 27.9. The third-order valence-corrected chi connectivity index (χ3v) is 18.8. The molecule has 1 aliphatic carbocycles. The molecule has 107 heavy (non-hydrogen) atoms. The van der Waals surface area contributed by atoms with Gasteiger partial charge < -0.3 is 83.6 Å². The van der Waals surface area contributed by atoms with Gasteiger partial charge in [0.2, 0.25) is 35.4 Å². The van der Waals surface area contributed by atoms with Crippen molar-refractivity contribution in [2.75, 3.05) is 105 Å². The first-order chi connectivity index (χ1) is 50.9. The molecule has 5 rings (SSSR count). The van der Waals surface area contributed by atoms with Crippen molar-refractivity contribution < 1.29 is 103 Å². The molecular formula is C73H107N13O21. The monoisotopic (exact) mass is 1500 g/mol. The van der Waals surface area contributed by atoms with Crippen LogP contribution in [-0.2, 0) is 70.4 Å². The van der Waals surface area contributed by atoms with Crippen molar-refractivity contribution in [2.45, 2.75) is 153 Å². The molecule has 590 valence electrons. The number of benzene rings is 3. The first-order valence-electron chi connectivity index (χ1n) is 36.5. The second-order valence-electron chi connectivity index (χ2n) is 27.9. The maximum Gasteiger partial charge on any atom is 0.404 e. The van der Waals surface area contributed by atoms with Crippen molar-refractivity contribution in [1.82, 2.24) is 67.5 Å². The number of nitrogens with zero attached hydrogens (tertiary/aromatic N) is 4. The molecule has 16 N–H and O–H groups in total. The van der Waals surface area contributed by atoms with E-state index in [1.54, 1.807) is 26.5 Å². The number of fused-ring (bicyclic) bond motifs is 1. The van der Waals surface area contributed by atoms with Crippen LogP contribution in [0.4, 0.5) is 9.59 Å². The molecule has 34 nitrogen and oxygen atoms in total. The Morgan fingerprint density at radius 3 is 1.40 bits per heavy atom. The van der Waals surface area contributed by atoms with E-state index in [1.165, 1.54) is 0 Å². The zero-order chi connectivity index (χ0) is 78.5. The number of rotatable bonds is 43. The van der Waals surface area contributed by atoms with Crippen molar-refractivity contribution in [1.29, 1.82) is 0 Å². The quantitative estimate of drug-likeness (QED) is 0.0357. The lowest BCUT2D eigenvalue weighted by molar-refractivity contribution is -0.141. The number of hydrogen-bond donors (Lipinski definition) is 16. The van der Waals surface area contributed by atoms with E-state index in [-0.39, 0.29) is 168 Å². The van der Waals surface area contributed by atoms with Crippen molar-refractivity contribution >= 4 is 94.2 Å². The Balaban J connectivity index is 1.25. The third-order valence-electron chi connectivity index (χ3n) is 18.8. The number of nitrogens with one attached hydrogen (secondary N) is 9. The highest BCUT2D eigenvalue weighted by Crippen LogP contribution is 2.29. The number of unbranched alkanes of at least 4 members (excludes halogenated alkanes) is 2. The summed E-state index contributed by atoms with van der Waals surface area (Å²) in [5, 5.41) is 92.2. The van der Waals surface area contributed by atoms with Gasteiger partial charge in [0.15, 0.2) is 0 Å². The molecule has 2 fully saturated rings. The van der Waals surface area contributed by atoms with Crippen LogP contribution in [0.5, 0.6) is 0 Å². The molecule has 1 heterocycles. The Labute approximate surface area is 621 Å². The lowest BCUT2D eigenvalue weighted by atomic mass is 9.81. The van der Waals surface area contributed by atoms with Crippen LogP contribution in [0.2, 0.25) is 0 Å². The summed E-state index contributed by atoms with van der Waals surface area (Å²) in [7, 11) is 0. The first kappa shape index (κ1) is 87.6. The summed E-state index contributed by atoms with van der Waals surface area (Å²) >= 11 is 0. The predicted octanol–water partition coefficient (Wildman–Crippen LogP) is 1.54. The van der Waals surface area contributed by atoms with E-state index in [0.29, 0.717) is 31.6 Å². The van der Waals surface area contributed by atoms with Crippen LogP contribution < -0.4 is 47.9 Å². The van der Waals surface area contributed by atoms with Gasteiger partial charge in [0.1, 0.15) is 30.2 Å². The summed E-state index contributed by atoms with van der Waals surface area (Å²) in [6.45, 7) is 5.69. The van der Waals surface area contributed by atoms with E-state index in [0.717, 1.165) is 33.9 Å². The fraction of sp³-hybridized carbons (Fsp3) is 0.589. The maximum atomic E-state index is 14.4. The molecule has 6 atom stereocenters. The number of hydrogen-bond acceptors (Lipinski definition) is 18. The zero-order valence-electron chi connectivity index (χ0n) is 61.1. The second kappa shape index (κ2) is 46.1.